The van der Waals surface area contributed by atoms with Gasteiger partial charge in [-0.1, -0.05) is 17.7 Å². The second-order valence-corrected chi connectivity index (χ2v) is 8.98. The van der Waals surface area contributed by atoms with Gasteiger partial charge in [0, 0.05) is 5.69 Å². The summed E-state index contributed by atoms with van der Waals surface area (Å²) in [6, 6.07) is 27.3. The van der Waals surface area contributed by atoms with E-state index in [4.69, 9.17) is 15.2 Å². The lowest BCUT2D eigenvalue weighted by Crippen LogP contribution is -2.01. The van der Waals surface area contributed by atoms with Crippen LogP contribution in [0.3, 0.4) is 0 Å². The number of hydrogen-bond donors (Lipinski definition) is 1. The topological polar surface area (TPSA) is 78.6 Å². The Morgan fingerprint density at radius 2 is 0.871 bits per heavy atom. The van der Waals surface area contributed by atoms with Crippen LogP contribution >= 0.6 is 0 Å². The Morgan fingerprint density at radius 1 is 0.548 bits per heavy atom. The Labute approximate surface area is 181 Å². The molecular weight excluding hydrogens is 410 g/mol. The van der Waals surface area contributed by atoms with Crippen molar-refractivity contribution in [3.05, 3.63) is 103 Å². The highest BCUT2D eigenvalue weighted by Gasteiger charge is 2.18. The van der Waals surface area contributed by atoms with Crippen molar-refractivity contribution in [1.82, 2.24) is 0 Å². The number of rotatable bonds is 6. The minimum atomic E-state index is -3.66. The first-order valence-corrected chi connectivity index (χ1v) is 11.1. The van der Waals surface area contributed by atoms with Gasteiger partial charge in [-0.25, -0.2) is 8.42 Å². The van der Waals surface area contributed by atoms with E-state index in [0.29, 0.717) is 28.7 Å². The van der Waals surface area contributed by atoms with Gasteiger partial charge in [0.15, 0.2) is 0 Å². The lowest BCUT2D eigenvalue weighted by Gasteiger charge is -2.09. The first-order valence-electron chi connectivity index (χ1n) is 9.63. The molecule has 0 fully saturated rings. The van der Waals surface area contributed by atoms with Crippen LogP contribution in [0.2, 0.25) is 0 Å². The molecule has 0 unspecified atom stereocenters. The molecule has 31 heavy (non-hydrogen) atoms. The van der Waals surface area contributed by atoms with Crippen molar-refractivity contribution >= 4 is 15.5 Å². The molecule has 6 heteroatoms. The highest BCUT2D eigenvalue weighted by molar-refractivity contribution is 7.91. The minimum absolute atomic E-state index is 0.185. The SMILES string of the molecule is Cc1ccc(Oc2ccc(S(=O)(=O)c3ccc(Oc4ccc(N)cc4)cc3)cc2)cc1. The lowest BCUT2D eigenvalue weighted by molar-refractivity contribution is 0.482. The highest BCUT2D eigenvalue weighted by Crippen LogP contribution is 2.28. The number of hydrogen-bond acceptors (Lipinski definition) is 5. The second kappa shape index (κ2) is 8.53. The van der Waals surface area contributed by atoms with Crippen LogP contribution in [0.15, 0.2) is 107 Å². The Morgan fingerprint density at radius 3 is 1.26 bits per heavy atom. The fourth-order valence-electron chi connectivity index (χ4n) is 2.92. The van der Waals surface area contributed by atoms with Gasteiger partial charge in [0.2, 0.25) is 9.84 Å². The summed E-state index contributed by atoms with van der Waals surface area (Å²) in [4.78, 5) is 0.375. The second-order valence-electron chi connectivity index (χ2n) is 7.03. The predicted octanol–water partition coefficient (Wildman–Crippen LogP) is 5.99. The Kier molecular flexibility index (Phi) is 5.64. The molecule has 0 saturated carbocycles. The maximum absolute atomic E-state index is 13.0. The molecule has 0 aromatic heterocycles. The van der Waals surface area contributed by atoms with Crippen LogP contribution in [-0.2, 0) is 9.84 Å². The number of anilines is 1. The quantitative estimate of drug-likeness (QED) is 0.379. The Balaban J connectivity index is 1.48. The van der Waals surface area contributed by atoms with Crippen LogP contribution in [0.1, 0.15) is 5.56 Å². The van der Waals surface area contributed by atoms with Crippen LogP contribution in [0.5, 0.6) is 23.0 Å². The van der Waals surface area contributed by atoms with Crippen molar-refractivity contribution in [2.45, 2.75) is 16.7 Å². The molecule has 0 saturated heterocycles. The van der Waals surface area contributed by atoms with Crippen molar-refractivity contribution in [3.8, 4) is 23.0 Å². The van der Waals surface area contributed by atoms with Crippen LogP contribution < -0.4 is 15.2 Å². The monoisotopic (exact) mass is 431 g/mol. The summed E-state index contributed by atoms with van der Waals surface area (Å²) in [5.41, 5.74) is 7.45. The summed E-state index contributed by atoms with van der Waals surface area (Å²) in [6.45, 7) is 2.00. The minimum Gasteiger partial charge on any atom is -0.457 e. The molecule has 4 aromatic rings. The molecule has 0 radical (unpaired) electrons. The molecule has 0 amide bonds. The van der Waals surface area contributed by atoms with Crippen LogP contribution in [0.25, 0.3) is 0 Å². The van der Waals surface area contributed by atoms with Crippen molar-refractivity contribution in [2.24, 2.45) is 0 Å². The molecule has 4 rings (SSSR count). The molecule has 5 nitrogen and oxygen atoms in total. The summed E-state index contributed by atoms with van der Waals surface area (Å²) in [6.07, 6.45) is 0. The van der Waals surface area contributed by atoms with Crippen molar-refractivity contribution in [3.63, 3.8) is 0 Å². The Hall–Kier alpha value is -3.77. The Bertz CT molecular complexity index is 1170. The van der Waals surface area contributed by atoms with Crippen LogP contribution in [0, 0.1) is 6.92 Å². The van der Waals surface area contributed by atoms with E-state index >= 15 is 0 Å². The molecule has 0 aliphatic carbocycles. The molecule has 2 N–H and O–H groups in total. The summed E-state index contributed by atoms with van der Waals surface area (Å²) >= 11 is 0. The molecule has 0 heterocycles. The number of ether oxygens (including phenoxy) is 2. The van der Waals surface area contributed by atoms with Gasteiger partial charge < -0.3 is 15.2 Å². The predicted molar refractivity (Wildman–Crippen MR) is 121 cm³/mol. The smallest absolute Gasteiger partial charge is 0.206 e. The first-order chi connectivity index (χ1) is 14.9. The van der Waals surface area contributed by atoms with E-state index in [1.807, 2.05) is 31.2 Å². The van der Waals surface area contributed by atoms with Gasteiger partial charge in [-0.05, 0) is 91.9 Å². The van der Waals surface area contributed by atoms with Crippen LogP contribution in [0.4, 0.5) is 5.69 Å². The fourth-order valence-corrected chi connectivity index (χ4v) is 4.19. The fraction of sp³-hybridized carbons (Fsp3) is 0.0400. The summed E-state index contributed by atoms with van der Waals surface area (Å²) < 4.78 is 37.4. The molecule has 4 aromatic carbocycles. The standard InChI is InChI=1S/C25H21NO4S/c1-18-2-6-20(7-3-18)29-22-10-14-24(15-11-22)31(27,28)25-16-12-23(13-17-25)30-21-8-4-19(26)5-9-21/h2-17H,26H2,1H3. The van der Waals surface area contributed by atoms with E-state index in [1.165, 1.54) is 24.3 Å². The number of aryl methyl sites for hydroxylation is 1. The summed E-state index contributed by atoms with van der Waals surface area (Å²) in [5, 5.41) is 0. The van der Waals surface area contributed by atoms with Crippen LogP contribution in [-0.4, -0.2) is 8.42 Å². The van der Waals surface area contributed by atoms with E-state index < -0.39 is 9.84 Å². The molecule has 0 atom stereocenters. The average Bonchev–Trinajstić information content (AvgIpc) is 2.78. The normalized spacial score (nSPS) is 11.1. The van der Waals surface area contributed by atoms with Gasteiger partial charge in [-0.3, -0.25) is 0 Å². The van der Waals surface area contributed by atoms with Gasteiger partial charge in [0.1, 0.15) is 23.0 Å². The molecule has 0 aliphatic rings. The molecular formula is C25H21NO4S. The third-order valence-corrected chi connectivity index (χ3v) is 6.43. The number of nitrogen functional groups attached to an aromatic ring is 1. The van der Waals surface area contributed by atoms with Gasteiger partial charge in [-0.15, -0.1) is 0 Å². The first kappa shape index (κ1) is 20.5. The van der Waals surface area contributed by atoms with Gasteiger partial charge in [0.25, 0.3) is 0 Å². The average molecular weight is 432 g/mol. The van der Waals surface area contributed by atoms with Gasteiger partial charge in [-0.2, -0.15) is 0 Å². The highest BCUT2D eigenvalue weighted by atomic mass is 32.2. The molecule has 0 spiro atoms. The van der Waals surface area contributed by atoms with Crippen molar-refractivity contribution in [1.29, 1.82) is 0 Å². The zero-order valence-corrected chi connectivity index (χ0v) is 17.7. The maximum atomic E-state index is 13.0. The van der Waals surface area contributed by atoms with Crippen molar-refractivity contribution < 1.29 is 17.9 Å². The van der Waals surface area contributed by atoms with E-state index in [0.717, 1.165) is 5.56 Å². The molecule has 0 aliphatic heterocycles. The zero-order chi connectivity index (χ0) is 21.8. The lowest BCUT2D eigenvalue weighted by atomic mass is 10.2. The summed E-state index contributed by atoms with van der Waals surface area (Å²) in [5.74, 6) is 2.41. The maximum Gasteiger partial charge on any atom is 0.206 e. The third-order valence-electron chi connectivity index (χ3n) is 4.64. The number of benzene rings is 4. The van der Waals surface area contributed by atoms with E-state index in [-0.39, 0.29) is 9.79 Å². The molecule has 0 bridgehead atoms. The van der Waals surface area contributed by atoms with E-state index in [9.17, 15) is 8.42 Å². The molecule has 156 valence electrons. The van der Waals surface area contributed by atoms with Crippen molar-refractivity contribution in [2.75, 3.05) is 5.73 Å². The zero-order valence-electron chi connectivity index (χ0n) is 16.9. The number of sulfone groups is 1. The third kappa shape index (κ3) is 4.87. The summed E-state index contributed by atoms with van der Waals surface area (Å²) in [7, 11) is -3.66. The van der Waals surface area contributed by atoms with Gasteiger partial charge in [0.05, 0.1) is 9.79 Å². The number of nitrogens with two attached hydrogens (primary N) is 1. The van der Waals surface area contributed by atoms with E-state index in [2.05, 4.69) is 0 Å². The van der Waals surface area contributed by atoms with Gasteiger partial charge >= 0.3 is 0 Å². The largest absolute Gasteiger partial charge is 0.457 e. The van der Waals surface area contributed by atoms with E-state index in [1.54, 1.807) is 48.5 Å².